The van der Waals surface area contributed by atoms with E-state index in [1.165, 1.54) is 19.1 Å². The van der Waals surface area contributed by atoms with Crippen molar-refractivity contribution in [1.29, 1.82) is 0 Å². The maximum atomic E-state index is 13.4. The molecule has 9 heteroatoms. The first-order valence-electron chi connectivity index (χ1n) is 11.1. The predicted molar refractivity (Wildman–Crippen MR) is 120 cm³/mol. The van der Waals surface area contributed by atoms with Crippen molar-refractivity contribution in [2.75, 3.05) is 6.61 Å². The van der Waals surface area contributed by atoms with E-state index in [1.807, 2.05) is 22.8 Å². The molecule has 0 saturated carbocycles. The van der Waals surface area contributed by atoms with E-state index in [-0.39, 0.29) is 29.2 Å². The molecule has 2 aromatic carbocycles. The Hall–Kier alpha value is -3.88. The fraction of sp³-hybridized carbons (Fsp3) is 0.269. The van der Waals surface area contributed by atoms with E-state index in [2.05, 4.69) is 0 Å². The number of ether oxygens (including phenoxy) is 2. The Morgan fingerprint density at radius 2 is 1.83 bits per heavy atom. The van der Waals surface area contributed by atoms with Gasteiger partial charge in [0.2, 0.25) is 0 Å². The Morgan fingerprint density at radius 1 is 1.09 bits per heavy atom. The van der Waals surface area contributed by atoms with Crippen LogP contribution in [0.5, 0.6) is 0 Å². The van der Waals surface area contributed by atoms with Gasteiger partial charge in [-0.15, -0.1) is 0 Å². The summed E-state index contributed by atoms with van der Waals surface area (Å²) in [5.74, 6) is -2.29. The van der Waals surface area contributed by atoms with E-state index < -0.39 is 29.6 Å². The first-order valence-corrected chi connectivity index (χ1v) is 11.1. The molecule has 35 heavy (non-hydrogen) atoms. The number of halogens is 3. The topological polar surface area (TPSA) is 74.6 Å². The highest BCUT2D eigenvalue weighted by molar-refractivity contribution is 6.46. The van der Waals surface area contributed by atoms with E-state index in [0.29, 0.717) is 23.9 Å². The maximum absolute atomic E-state index is 13.4. The Kier molecular flexibility index (Phi) is 5.50. The molecule has 3 aromatic rings. The number of rotatable bonds is 4. The number of benzene rings is 2. The number of fused-ring (bicyclic) bond motifs is 3. The summed E-state index contributed by atoms with van der Waals surface area (Å²) in [4.78, 5) is 37.0. The summed E-state index contributed by atoms with van der Waals surface area (Å²) >= 11 is 0. The van der Waals surface area contributed by atoms with Gasteiger partial charge in [0.05, 0.1) is 23.3 Å². The fourth-order valence-electron chi connectivity index (χ4n) is 4.90. The lowest BCUT2D eigenvalue weighted by atomic mass is 9.89. The second-order valence-corrected chi connectivity index (χ2v) is 8.66. The molecule has 0 amide bonds. The molecule has 2 aliphatic rings. The molecule has 0 spiro atoms. The van der Waals surface area contributed by atoms with Crippen LogP contribution in [-0.2, 0) is 43.0 Å². The summed E-state index contributed by atoms with van der Waals surface area (Å²) in [5, 5.41) is 0.696. The fourth-order valence-corrected chi connectivity index (χ4v) is 4.90. The van der Waals surface area contributed by atoms with Crippen LogP contribution in [0, 0.1) is 5.92 Å². The lowest BCUT2D eigenvalue weighted by molar-refractivity contribution is -0.149. The highest BCUT2D eigenvalue weighted by Gasteiger charge is 2.40. The number of nitrogens with zero attached hydrogens (tertiary/aromatic N) is 1. The van der Waals surface area contributed by atoms with Gasteiger partial charge in [0.15, 0.2) is 0 Å². The van der Waals surface area contributed by atoms with Crippen LogP contribution in [0.1, 0.15) is 35.7 Å². The van der Waals surface area contributed by atoms with Gasteiger partial charge in [-0.2, -0.15) is 13.2 Å². The predicted octanol–water partition coefficient (Wildman–Crippen LogP) is 4.78. The normalized spacial score (nSPS) is 18.1. The third-order valence-corrected chi connectivity index (χ3v) is 6.42. The largest absolute Gasteiger partial charge is 0.466 e. The van der Waals surface area contributed by atoms with Crippen molar-refractivity contribution in [3.8, 4) is 0 Å². The molecule has 5 rings (SSSR count). The van der Waals surface area contributed by atoms with Gasteiger partial charge >= 0.3 is 24.1 Å². The standard InChI is InChI=1S/C26H20F3NO5/c1-14(31)34-13-15-9-10-30-19-8-3-2-7-18(19)22(20(30)11-15)23-21(24(32)35-25(23)33)16-5-4-6-17(12-16)26(27,28)29/h2-8,12,15H,9-11,13H2,1H3. The summed E-state index contributed by atoms with van der Waals surface area (Å²) in [5.41, 5.74) is 0.847. The number of aryl methyl sites for hydroxylation is 1. The summed E-state index contributed by atoms with van der Waals surface area (Å²) in [6.07, 6.45) is -3.42. The van der Waals surface area contributed by atoms with Crippen LogP contribution >= 0.6 is 0 Å². The Labute approximate surface area is 197 Å². The second-order valence-electron chi connectivity index (χ2n) is 8.66. The molecule has 6 nitrogen and oxygen atoms in total. The molecule has 1 unspecified atom stereocenters. The lowest BCUT2D eigenvalue weighted by Gasteiger charge is -2.25. The van der Waals surface area contributed by atoms with Gasteiger partial charge in [-0.25, -0.2) is 9.59 Å². The van der Waals surface area contributed by atoms with Crippen molar-refractivity contribution < 1.29 is 37.0 Å². The van der Waals surface area contributed by atoms with Gasteiger partial charge in [0, 0.05) is 41.5 Å². The summed E-state index contributed by atoms with van der Waals surface area (Å²) in [7, 11) is 0. The summed E-state index contributed by atoms with van der Waals surface area (Å²) in [6.45, 7) is 2.13. The number of hydrogen-bond donors (Lipinski definition) is 0. The van der Waals surface area contributed by atoms with Crippen molar-refractivity contribution in [3.63, 3.8) is 0 Å². The van der Waals surface area contributed by atoms with E-state index in [9.17, 15) is 27.6 Å². The average molecular weight is 483 g/mol. The number of carbonyl (C=O) groups is 3. The molecule has 0 fully saturated rings. The lowest BCUT2D eigenvalue weighted by Crippen LogP contribution is -2.24. The zero-order valence-corrected chi connectivity index (χ0v) is 18.6. The number of carbonyl (C=O) groups excluding carboxylic acids is 3. The van der Waals surface area contributed by atoms with E-state index in [0.717, 1.165) is 29.8 Å². The molecule has 0 radical (unpaired) electrons. The van der Waals surface area contributed by atoms with Gasteiger partial charge < -0.3 is 14.0 Å². The molecular weight excluding hydrogens is 463 g/mol. The summed E-state index contributed by atoms with van der Waals surface area (Å²) < 4.78 is 52.3. The SMILES string of the molecule is CC(=O)OCC1CCn2c(c(C3=C(c4cccc(C(F)(F)F)c4)C(=O)OC3=O)c3ccccc32)C1. The zero-order valence-electron chi connectivity index (χ0n) is 18.6. The van der Waals surface area contributed by atoms with Crippen molar-refractivity contribution >= 4 is 40.0 Å². The van der Waals surface area contributed by atoms with Crippen LogP contribution in [0.2, 0.25) is 0 Å². The molecule has 0 aliphatic carbocycles. The Bertz CT molecular complexity index is 1420. The third kappa shape index (κ3) is 4.00. The van der Waals surface area contributed by atoms with Crippen LogP contribution < -0.4 is 0 Å². The first-order chi connectivity index (χ1) is 16.6. The maximum Gasteiger partial charge on any atom is 0.416 e. The highest BCUT2D eigenvalue weighted by Crippen LogP contribution is 2.43. The monoisotopic (exact) mass is 483 g/mol. The summed E-state index contributed by atoms with van der Waals surface area (Å²) in [6, 6.07) is 11.7. The van der Waals surface area contributed by atoms with Crippen LogP contribution in [0.15, 0.2) is 48.5 Å². The molecule has 1 atom stereocenters. The molecule has 0 bridgehead atoms. The molecule has 180 valence electrons. The van der Waals surface area contributed by atoms with E-state index in [4.69, 9.17) is 9.47 Å². The Balaban J connectivity index is 1.72. The minimum absolute atomic E-state index is 0.0137. The van der Waals surface area contributed by atoms with Crippen molar-refractivity contribution in [1.82, 2.24) is 4.57 Å². The quantitative estimate of drug-likeness (QED) is 0.395. The number of cyclic esters (lactones) is 2. The van der Waals surface area contributed by atoms with E-state index in [1.54, 1.807) is 6.07 Å². The second kappa shape index (κ2) is 8.41. The average Bonchev–Trinajstić information content (AvgIpc) is 3.29. The first kappa shape index (κ1) is 22.9. The highest BCUT2D eigenvalue weighted by atomic mass is 19.4. The van der Waals surface area contributed by atoms with Crippen molar-refractivity contribution in [2.24, 2.45) is 5.92 Å². The smallest absolute Gasteiger partial charge is 0.416 e. The third-order valence-electron chi connectivity index (χ3n) is 6.42. The van der Waals surface area contributed by atoms with Crippen molar-refractivity contribution in [2.45, 2.75) is 32.5 Å². The van der Waals surface area contributed by atoms with Crippen molar-refractivity contribution in [3.05, 3.63) is 70.9 Å². The van der Waals surface area contributed by atoms with Crippen LogP contribution in [0.3, 0.4) is 0 Å². The minimum atomic E-state index is -4.62. The number of alkyl halides is 3. The number of hydrogen-bond acceptors (Lipinski definition) is 5. The minimum Gasteiger partial charge on any atom is -0.466 e. The van der Waals surface area contributed by atoms with Crippen LogP contribution in [0.4, 0.5) is 13.2 Å². The molecule has 2 aliphatic heterocycles. The number of para-hydroxylation sites is 1. The molecule has 0 saturated heterocycles. The number of aromatic nitrogens is 1. The molecule has 0 N–H and O–H groups in total. The zero-order chi connectivity index (χ0) is 24.9. The Morgan fingerprint density at radius 3 is 2.57 bits per heavy atom. The van der Waals surface area contributed by atoms with E-state index >= 15 is 0 Å². The molecule has 1 aromatic heterocycles. The van der Waals surface area contributed by atoms with Crippen LogP contribution in [-0.4, -0.2) is 29.1 Å². The molecular formula is C26H20F3NO5. The van der Waals surface area contributed by atoms with Gasteiger partial charge in [-0.3, -0.25) is 4.79 Å². The van der Waals surface area contributed by atoms with Gasteiger partial charge in [0.25, 0.3) is 0 Å². The number of esters is 3. The van der Waals surface area contributed by atoms with Gasteiger partial charge in [-0.05, 0) is 36.6 Å². The van der Waals surface area contributed by atoms with Crippen LogP contribution in [0.25, 0.3) is 22.0 Å². The van der Waals surface area contributed by atoms with Gasteiger partial charge in [0.1, 0.15) is 0 Å². The molecule has 3 heterocycles. The van der Waals surface area contributed by atoms with Gasteiger partial charge in [-0.1, -0.05) is 30.3 Å².